The van der Waals surface area contributed by atoms with Crippen molar-refractivity contribution in [1.82, 2.24) is 0 Å². The highest BCUT2D eigenvalue weighted by molar-refractivity contribution is 5.71. The topological polar surface area (TPSA) is 78.9 Å². The average molecular weight is 737 g/mol. The van der Waals surface area contributed by atoms with Gasteiger partial charge in [0.25, 0.3) is 0 Å². The number of hydrogen-bond acceptors (Lipinski definition) is 6. The van der Waals surface area contributed by atoms with Crippen molar-refractivity contribution in [3.63, 3.8) is 0 Å². The zero-order chi connectivity index (χ0) is 38.3. The van der Waals surface area contributed by atoms with Crippen LogP contribution in [0.2, 0.25) is 0 Å². The molecule has 0 amide bonds. The zero-order valence-corrected chi connectivity index (χ0v) is 35.4. The highest BCUT2D eigenvalue weighted by Crippen LogP contribution is 2.17. The number of esters is 3. The Hall–Kier alpha value is -1.59. The first-order valence-corrected chi connectivity index (χ1v) is 22.8. The van der Waals surface area contributed by atoms with Crippen LogP contribution in [0.5, 0.6) is 0 Å². The number of carbonyl (C=O) groups excluding carboxylic acids is 3. The summed E-state index contributed by atoms with van der Waals surface area (Å²) in [6.07, 6.45) is 36.5. The highest BCUT2D eigenvalue weighted by atomic mass is 16.6. The van der Waals surface area contributed by atoms with Gasteiger partial charge in [-0.1, -0.05) is 208 Å². The second-order valence-corrected chi connectivity index (χ2v) is 16.4. The lowest BCUT2D eigenvalue weighted by Crippen LogP contribution is -2.30. The molecule has 0 heterocycles. The van der Waals surface area contributed by atoms with E-state index in [9.17, 15) is 14.4 Å². The fourth-order valence-electron chi connectivity index (χ4n) is 6.72. The van der Waals surface area contributed by atoms with Gasteiger partial charge >= 0.3 is 17.9 Å². The third kappa shape index (κ3) is 38.1. The molecule has 0 aromatic carbocycles. The average Bonchev–Trinajstić information content (AvgIpc) is 3.12. The van der Waals surface area contributed by atoms with Gasteiger partial charge in [0.05, 0.1) is 0 Å². The second-order valence-electron chi connectivity index (χ2n) is 16.4. The Kier molecular flexibility index (Phi) is 37.9. The summed E-state index contributed by atoms with van der Waals surface area (Å²) in [7, 11) is 0. The van der Waals surface area contributed by atoms with Crippen LogP contribution in [-0.4, -0.2) is 37.2 Å². The number of rotatable bonds is 40. The Labute approximate surface area is 323 Å². The molecule has 0 spiro atoms. The van der Waals surface area contributed by atoms with Crippen molar-refractivity contribution in [2.75, 3.05) is 13.2 Å². The van der Waals surface area contributed by atoms with E-state index in [0.29, 0.717) is 19.3 Å². The van der Waals surface area contributed by atoms with Crippen LogP contribution in [0.1, 0.15) is 247 Å². The molecule has 0 saturated carbocycles. The van der Waals surface area contributed by atoms with Gasteiger partial charge in [-0.05, 0) is 31.1 Å². The summed E-state index contributed by atoms with van der Waals surface area (Å²) in [6, 6.07) is 0. The Balaban J connectivity index is 4.35. The van der Waals surface area contributed by atoms with E-state index < -0.39 is 6.10 Å². The van der Waals surface area contributed by atoms with E-state index >= 15 is 0 Å². The molecule has 6 heteroatoms. The van der Waals surface area contributed by atoms with Crippen molar-refractivity contribution >= 4 is 17.9 Å². The zero-order valence-electron chi connectivity index (χ0n) is 35.4. The number of carbonyl (C=O) groups is 3. The molecule has 0 saturated heterocycles. The van der Waals surface area contributed by atoms with Gasteiger partial charge in [-0.2, -0.15) is 0 Å². The molecule has 0 radical (unpaired) electrons. The maximum absolute atomic E-state index is 12.7. The summed E-state index contributed by atoms with van der Waals surface area (Å²) in [5.41, 5.74) is 0. The third-order valence-corrected chi connectivity index (χ3v) is 10.6. The maximum atomic E-state index is 12.7. The predicted molar refractivity (Wildman–Crippen MR) is 220 cm³/mol. The van der Waals surface area contributed by atoms with Crippen LogP contribution < -0.4 is 0 Å². The summed E-state index contributed by atoms with van der Waals surface area (Å²) >= 11 is 0. The lowest BCUT2D eigenvalue weighted by atomic mass is 9.99. The molecule has 1 unspecified atom stereocenters. The summed E-state index contributed by atoms with van der Waals surface area (Å²) in [4.78, 5) is 37.7. The first-order valence-electron chi connectivity index (χ1n) is 22.8. The summed E-state index contributed by atoms with van der Waals surface area (Å²) in [5, 5.41) is 0. The molecule has 2 atom stereocenters. The van der Waals surface area contributed by atoms with Gasteiger partial charge in [-0.3, -0.25) is 14.4 Å². The molecule has 52 heavy (non-hydrogen) atoms. The Morgan fingerprint density at radius 3 is 1.10 bits per heavy atom. The molecule has 308 valence electrons. The fourth-order valence-corrected chi connectivity index (χ4v) is 6.72. The van der Waals surface area contributed by atoms with E-state index in [2.05, 4.69) is 34.6 Å². The standard InChI is InChI=1S/C46H88O6/c1-6-8-9-10-11-12-13-14-23-28-33-38-46(49)52-43(39-50-44(47)36-31-26-21-17-15-19-24-29-34-41(3)4)40-51-45(48)37-32-27-22-18-16-20-25-30-35-42(5)7-2/h41-43H,6-40H2,1-5H3/t42?,43-/m1/s1. The lowest BCUT2D eigenvalue weighted by Gasteiger charge is -2.18. The summed E-state index contributed by atoms with van der Waals surface area (Å²) in [6.45, 7) is 11.3. The number of hydrogen-bond donors (Lipinski definition) is 0. The Morgan fingerprint density at radius 2 is 0.731 bits per heavy atom. The normalized spacial score (nSPS) is 12.6. The van der Waals surface area contributed by atoms with Gasteiger partial charge in [-0.15, -0.1) is 0 Å². The quantitative estimate of drug-likeness (QED) is 0.0354. The number of unbranched alkanes of at least 4 members (excludes halogenated alkanes) is 24. The summed E-state index contributed by atoms with van der Waals surface area (Å²) in [5.74, 6) is 0.784. The fraction of sp³-hybridized carbons (Fsp3) is 0.935. The van der Waals surface area contributed by atoms with Crippen molar-refractivity contribution in [3.8, 4) is 0 Å². The van der Waals surface area contributed by atoms with E-state index in [4.69, 9.17) is 14.2 Å². The van der Waals surface area contributed by atoms with Gasteiger partial charge in [0.2, 0.25) is 0 Å². The van der Waals surface area contributed by atoms with Crippen molar-refractivity contribution in [2.45, 2.75) is 253 Å². The molecule has 6 nitrogen and oxygen atoms in total. The summed E-state index contributed by atoms with van der Waals surface area (Å²) < 4.78 is 16.7. The molecular weight excluding hydrogens is 648 g/mol. The van der Waals surface area contributed by atoms with E-state index in [-0.39, 0.29) is 31.1 Å². The van der Waals surface area contributed by atoms with Crippen LogP contribution in [0.25, 0.3) is 0 Å². The van der Waals surface area contributed by atoms with Crippen molar-refractivity contribution < 1.29 is 28.6 Å². The monoisotopic (exact) mass is 737 g/mol. The van der Waals surface area contributed by atoms with Gasteiger partial charge in [0, 0.05) is 19.3 Å². The van der Waals surface area contributed by atoms with Gasteiger partial charge in [0.15, 0.2) is 6.10 Å². The first kappa shape index (κ1) is 50.4. The molecule has 0 aliphatic heterocycles. The van der Waals surface area contributed by atoms with Crippen molar-refractivity contribution in [2.24, 2.45) is 11.8 Å². The molecule has 0 rings (SSSR count). The van der Waals surface area contributed by atoms with Crippen LogP contribution in [0.4, 0.5) is 0 Å². The van der Waals surface area contributed by atoms with Crippen molar-refractivity contribution in [3.05, 3.63) is 0 Å². The largest absolute Gasteiger partial charge is 0.462 e. The molecule has 0 fully saturated rings. The number of ether oxygens (including phenoxy) is 3. The lowest BCUT2D eigenvalue weighted by molar-refractivity contribution is -0.167. The van der Waals surface area contributed by atoms with Gasteiger partial charge < -0.3 is 14.2 Å². The van der Waals surface area contributed by atoms with Crippen LogP contribution >= 0.6 is 0 Å². The molecule has 0 aromatic rings. The molecule has 0 aliphatic carbocycles. The van der Waals surface area contributed by atoms with E-state index in [1.807, 2.05) is 0 Å². The minimum atomic E-state index is -0.760. The molecule has 0 aliphatic rings. The Bertz CT molecular complexity index is 796. The molecule has 0 bridgehead atoms. The SMILES string of the molecule is CCCCCCCCCCCCCC(=O)O[C@H](COC(=O)CCCCCCCCCCC(C)C)COC(=O)CCCCCCCCCCC(C)CC. The van der Waals surface area contributed by atoms with Gasteiger partial charge in [-0.25, -0.2) is 0 Å². The maximum Gasteiger partial charge on any atom is 0.306 e. The molecule has 0 N–H and O–H groups in total. The van der Waals surface area contributed by atoms with Crippen LogP contribution in [-0.2, 0) is 28.6 Å². The first-order chi connectivity index (χ1) is 25.3. The molecular formula is C46H88O6. The minimum absolute atomic E-state index is 0.0655. The third-order valence-electron chi connectivity index (χ3n) is 10.6. The smallest absolute Gasteiger partial charge is 0.306 e. The van der Waals surface area contributed by atoms with E-state index in [1.54, 1.807) is 0 Å². The minimum Gasteiger partial charge on any atom is -0.462 e. The van der Waals surface area contributed by atoms with Crippen LogP contribution in [0, 0.1) is 11.8 Å². The second kappa shape index (κ2) is 39.1. The van der Waals surface area contributed by atoms with Gasteiger partial charge in [0.1, 0.15) is 13.2 Å². The highest BCUT2D eigenvalue weighted by Gasteiger charge is 2.19. The predicted octanol–water partition coefficient (Wildman–Crippen LogP) is 14.2. The molecule has 0 aromatic heterocycles. The van der Waals surface area contributed by atoms with Crippen LogP contribution in [0.3, 0.4) is 0 Å². The van der Waals surface area contributed by atoms with Crippen LogP contribution in [0.15, 0.2) is 0 Å². The Morgan fingerprint density at radius 1 is 0.404 bits per heavy atom. The van der Waals surface area contributed by atoms with E-state index in [0.717, 1.165) is 69.6 Å². The van der Waals surface area contributed by atoms with Crippen molar-refractivity contribution in [1.29, 1.82) is 0 Å². The van der Waals surface area contributed by atoms with E-state index in [1.165, 1.54) is 135 Å².